The van der Waals surface area contributed by atoms with E-state index in [0.29, 0.717) is 5.15 Å². The van der Waals surface area contributed by atoms with Crippen molar-refractivity contribution in [2.75, 3.05) is 5.32 Å². The highest BCUT2D eigenvalue weighted by atomic mass is 35.5. The van der Waals surface area contributed by atoms with Gasteiger partial charge in [0.2, 0.25) is 0 Å². The third-order valence-electron chi connectivity index (χ3n) is 3.19. The molecule has 3 rings (SSSR count). The van der Waals surface area contributed by atoms with E-state index in [2.05, 4.69) is 39.6 Å². The molecule has 3 nitrogen and oxygen atoms in total. The first-order valence-electron chi connectivity index (χ1n) is 6.16. The van der Waals surface area contributed by atoms with Crippen molar-refractivity contribution in [3.05, 3.63) is 59.0 Å². The molecule has 0 bridgehead atoms. The molecule has 0 fully saturated rings. The number of pyridine rings is 1. The number of halogens is 1. The van der Waals surface area contributed by atoms with Crippen molar-refractivity contribution < 1.29 is 0 Å². The second-order valence-electron chi connectivity index (χ2n) is 4.48. The normalized spacial score (nSPS) is 10.8. The van der Waals surface area contributed by atoms with Crippen LogP contribution in [0, 0.1) is 6.92 Å². The quantitative estimate of drug-likeness (QED) is 0.703. The van der Waals surface area contributed by atoms with Crippen molar-refractivity contribution in [3.8, 4) is 0 Å². The first kappa shape index (κ1) is 12.1. The smallest absolute Gasteiger partial charge is 0.129 e. The maximum absolute atomic E-state index is 5.85. The number of nitrogens with zero attached hydrogens (tertiary/aromatic N) is 1. The number of H-pyrrole nitrogens is 1. The number of para-hydroxylation sites is 1. The van der Waals surface area contributed by atoms with E-state index >= 15 is 0 Å². The molecule has 1 aromatic carbocycles. The fraction of sp³-hybridized carbons (Fsp3) is 0.133. The van der Waals surface area contributed by atoms with Gasteiger partial charge in [0.25, 0.3) is 0 Å². The van der Waals surface area contributed by atoms with Gasteiger partial charge in [0.05, 0.1) is 16.9 Å². The van der Waals surface area contributed by atoms with Crippen LogP contribution in [-0.4, -0.2) is 9.97 Å². The van der Waals surface area contributed by atoms with Gasteiger partial charge in [0, 0.05) is 12.7 Å². The molecule has 2 aromatic heterocycles. The topological polar surface area (TPSA) is 40.7 Å². The molecule has 0 aliphatic heterocycles. The summed E-state index contributed by atoms with van der Waals surface area (Å²) in [6, 6.07) is 12.1. The Bertz CT molecular complexity index is 718. The molecule has 0 saturated carbocycles. The minimum absolute atomic E-state index is 0.523. The molecule has 0 radical (unpaired) electrons. The summed E-state index contributed by atoms with van der Waals surface area (Å²) in [6.45, 7) is 2.70. The summed E-state index contributed by atoms with van der Waals surface area (Å²) in [4.78, 5) is 7.50. The van der Waals surface area contributed by atoms with Crippen LogP contribution in [0.5, 0.6) is 0 Å². The zero-order valence-corrected chi connectivity index (χ0v) is 11.3. The summed E-state index contributed by atoms with van der Waals surface area (Å²) in [7, 11) is 0. The lowest BCUT2D eigenvalue weighted by molar-refractivity contribution is 1.11. The van der Waals surface area contributed by atoms with E-state index in [1.807, 2.05) is 19.2 Å². The molecule has 2 N–H and O–H groups in total. The summed E-state index contributed by atoms with van der Waals surface area (Å²) in [5.74, 6) is 0. The van der Waals surface area contributed by atoms with Gasteiger partial charge in [-0.25, -0.2) is 4.98 Å². The fourth-order valence-corrected chi connectivity index (χ4v) is 2.39. The summed E-state index contributed by atoms with van der Waals surface area (Å²) in [6.07, 6.45) is 1.96. The zero-order valence-electron chi connectivity index (χ0n) is 10.6. The van der Waals surface area contributed by atoms with Gasteiger partial charge in [0.15, 0.2) is 0 Å². The number of rotatable bonds is 3. The van der Waals surface area contributed by atoms with Crippen molar-refractivity contribution >= 4 is 28.2 Å². The standard InChI is InChI=1S/C15H14ClN3/c1-10-13(5-6-14(16)19-10)18-9-12-4-2-3-11-7-8-17-15(11)12/h2-8,17-18H,9H2,1H3. The van der Waals surface area contributed by atoms with Crippen molar-refractivity contribution in [1.82, 2.24) is 9.97 Å². The lowest BCUT2D eigenvalue weighted by Crippen LogP contribution is -2.02. The Morgan fingerprint density at radius 1 is 1.21 bits per heavy atom. The Morgan fingerprint density at radius 2 is 2.11 bits per heavy atom. The number of hydrogen-bond donors (Lipinski definition) is 2. The van der Waals surface area contributed by atoms with Crippen LogP contribution in [0.15, 0.2) is 42.6 Å². The van der Waals surface area contributed by atoms with Gasteiger partial charge in [-0.15, -0.1) is 0 Å². The highest BCUT2D eigenvalue weighted by molar-refractivity contribution is 6.29. The molecule has 0 amide bonds. The second-order valence-corrected chi connectivity index (χ2v) is 4.87. The first-order chi connectivity index (χ1) is 9.24. The maximum atomic E-state index is 5.85. The zero-order chi connectivity index (χ0) is 13.2. The molecule has 0 aliphatic carbocycles. The number of anilines is 1. The van der Waals surface area contributed by atoms with Crippen LogP contribution < -0.4 is 5.32 Å². The number of aryl methyl sites for hydroxylation is 1. The van der Waals surface area contributed by atoms with Crippen LogP contribution in [0.1, 0.15) is 11.3 Å². The molecule has 0 aliphatic rings. The van der Waals surface area contributed by atoms with E-state index in [-0.39, 0.29) is 0 Å². The van der Waals surface area contributed by atoms with Gasteiger partial charge in [0.1, 0.15) is 5.15 Å². The number of aromatic nitrogens is 2. The minimum Gasteiger partial charge on any atom is -0.379 e. The van der Waals surface area contributed by atoms with E-state index in [9.17, 15) is 0 Å². The van der Waals surface area contributed by atoms with E-state index < -0.39 is 0 Å². The average molecular weight is 272 g/mol. The summed E-state index contributed by atoms with van der Waals surface area (Å²) in [5.41, 5.74) is 4.32. The Labute approximate surface area is 116 Å². The first-order valence-corrected chi connectivity index (χ1v) is 6.54. The lowest BCUT2D eigenvalue weighted by atomic mass is 10.1. The van der Waals surface area contributed by atoms with E-state index in [4.69, 9.17) is 11.6 Å². The Hall–Kier alpha value is -2.00. The predicted octanol–water partition coefficient (Wildman–Crippen LogP) is 4.14. The second kappa shape index (κ2) is 4.94. The van der Waals surface area contributed by atoms with Crippen molar-refractivity contribution in [2.24, 2.45) is 0 Å². The minimum atomic E-state index is 0.523. The number of fused-ring (bicyclic) bond motifs is 1. The Balaban J connectivity index is 1.84. The molecule has 4 heteroatoms. The van der Waals surface area contributed by atoms with Crippen molar-refractivity contribution in [1.29, 1.82) is 0 Å². The molecule has 0 unspecified atom stereocenters. The van der Waals surface area contributed by atoms with Gasteiger partial charge in [-0.1, -0.05) is 29.8 Å². The largest absolute Gasteiger partial charge is 0.379 e. The number of benzene rings is 1. The third-order valence-corrected chi connectivity index (χ3v) is 3.41. The fourth-order valence-electron chi connectivity index (χ4n) is 2.20. The van der Waals surface area contributed by atoms with Crippen LogP contribution >= 0.6 is 11.6 Å². The Kier molecular flexibility index (Phi) is 3.13. The molecular formula is C15H14ClN3. The molecule has 96 valence electrons. The van der Waals surface area contributed by atoms with Crippen molar-refractivity contribution in [3.63, 3.8) is 0 Å². The number of nitrogens with one attached hydrogen (secondary N) is 2. The summed E-state index contributed by atoms with van der Waals surface area (Å²) in [5, 5.41) is 5.15. The summed E-state index contributed by atoms with van der Waals surface area (Å²) < 4.78 is 0. The Morgan fingerprint density at radius 3 is 2.95 bits per heavy atom. The third kappa shape index (κ3) is 2.42. The molecular weight excluding hydrogens is 258 g/mol. The van der Waals surface area contributed by atoms with Gasteiger partial charge in [-0.05, 0) is 36.1 Å². The van der Waals surface area contributed by atoms with Gasteiger partial charge in [-0.3, -0.25) is 0 Å². The van der Waals surface area contributed by atoms with Crippen LogP contribution in [0.3, 0.4) is 0 Å². The highest BCUT2D eigenvalue weighted by Gasteiger charge is 2.04. The molecule has 2 heterocycles. The number of hydrogen-bond acceptors (Lipinski definition) is 2. The number of aromatic amines is 1. The monoisotopic (exact) mass is 271 g/mol. The molecule has 0 atom stereocenters. The van der Waals surface area contributed by atoms with Gasteiger partial charge >= 0.3 is 0 Å². The van der Waals surface area contributed by atoms with Gasteiger partial charge in [-0.2, -0.15) is 0 Å². The van der Waals surface area contributed by atoms with Crippen LogP contribution in [0.2, 0.25) is 5.15 Å². The summed E-state index contributed by atoms with van der Waals surface area (Å²) >= 11 is 5.85. The van der Waals surface area contributed by atoms with Gasteiger partial charge < -0.3 is 10.3 Å². The molecule has 3 aromatic rings. The van der Waals surface area contributed by atoms with Crippen LogP contribution in [0.25, 0.3) is 10.9 Å². The van der Waals surface area contributed by atoms with Crippen LogP contribution in [0.4, 0.5) is 5.69 Å². The maximum Gasteiger partial charge on any atom is 0.129 e. The molecule has 0 saturated heterocycles. The molecule has 19 heavy (non-hydrogen) atoms. The van der Waals surface area contributed by atoms with E-state index in [1.165, 1.54) is 16.5 Å². The highest BCUT2D eigenvalue weighted by Crippen LogP contribution is 2.20. The van der Waals surface area contributed by atoms with E-state index in [0.717, 1.165) is 17.9 Å². The van der Waals surface area contributed by atoms with E-state index in [1.54, 1.807) is 6.07 Å². The van der Waals surface area contributed by atoms with Crippen molar-refractivity contribution in [2.45, 2.75) is 13.5 Å². The SMILES string of the molecule is Cc1nc(Cl)ccc1NCc1cccc2cc[nH]c12. The van der Waals surface area contributed by atoms with Crippen LogP contribution in [-0.2, 0) is 6.54 Å². The molecule has 0 spiro atoms. The average Bonchev–Trinajstić information content (AvgIpc) is 2.86. The predicted molar refractivity (Wildman–Crippen MR) is 79.6 cm³/mol. The lowest BCUT2D eigenvalue weighted by Gasteiger charge is -2.10.